The Morgan fingerprint density at radius 3 is 2.23 bits per heavy atom. The third kappa shape index (κ3) is 6.32. The number of benzene rings is 1. The summed E-state index contributed by atoms with van der Waals surface area (Å²) < 4.78 is 18.3. The summed E-state index contributed by atoms with van der Waals surface area (Å²) in [5.41, 5.74) is 0.359. The molecule has 144 valence electrons. The molecule has 2 N–H and O–H groups in total. The first-order valence-corrected chi connectivity index (χ1v) is 9.19. The first kappa shape index (κ1) is 20.2. The Kier molecular flexibility index (Phi) is 6.62. The van der Waals surface area contributed by atoms with Crippen molar-refractivity contribution in [2.45, 2.75) is 71.1 Å². The lowest BCUT2D eigenvalue weighted by molar-refractivity contribution is -0.126. The third-order valence-corrected chi connectivity index (χ3v) is 4.55. The van der Waals surface area contributed by atoms with Crippen LogP contribution in [0.4, 0.5) is 9.18 Å². The second-order valence-electron chi connectivity index (χ2n) is 7.98. The molecule has 6 heteroatoms. The Hall–Kier alpha value is -2.11. The summed E-state index contributed by atoms with van der Waals surface area (Å²) in [6, 6.07) is 6.03. The molecular formula is C20H29FN2O3. The van der Waals surface area contributed by atoms with Gasteiger partial charge in [-0.15, -0.1) is 0 Å². The van der Waals surface area contributed by atoms with Crippen molar-refractivity contribution >= 4 is 12.0 Å². The first-order valence-electron chi connectivity index (χ1n) is 9.19. The van der Waals surface area contributed by atoms with Gasteiger partial charge in [-0.25, -0.2) is 9.18 Å². The van der Waals surface area contributed by atoms with E-state index in [1.807, 2.05) is 27.7 Å². The Bertz CT molecular complexity index is 617. The van der Waals surface area contributed by atoms with E-state index in [9.17, 15) is 14.0 Å². The molecule has 2 amide bonds. The highest BCUT2D eigenvalue weighted by Crippen LogP contribution is 2.26. The maximum absolute atomic E-state index is 13.0. The van der Waals surface area contributed by atoms with Crippen LogP contribution in [0.2, 0.25) is 0 Å². The number of carbonyl (C=O) groups excluding carboxylic acids is 2. The van der Waals surface area contributed by atoms with Crippen LogP contribution in [0, 0.1) is 11.7 Å². The van der Waals surface area contributed by atoms with Crippen LogP contribution >= 0.6 is 0 Å². The number of rotatable bonds is 4. The van der Waals surface area contributed by atoms with Gasteiger partial charge in [-0.05, 0) is 71.1 Å². The third-order valence-electron chi connectivity index (χ3n) is 4.55. The first-order chi connectivity index (χ1) is 12.1. The van der Waals surface area contributed by atoms with Gasteiger partial charge in [-0.3, -0.25) is 4.79 Å². The molecule has 0 saturated heterocycles. The molecule has 0 bridgehead atoms. The van der Waals surface area contributed by atoms with Crippen molar-refractivity contribution in [1.82, 2.24) is 10.6 Å². The number of amides is 2. The van der Waals surface area contributed by atoms with Crippen molar-refractivity contribution in [1.29, 1.82) is 0 Å². The minimum Gasteiger partial charge on any atom is -0.444 e. The quantitative estimate of drug-likeness (QED) is 0.846. The smallest absolute Gasteiger partial charge is 0.407 e. The van der Waals surface area contributed by atoms with Crippen LogP contribution in [-0.4, -0.2) is 23.6 Å². The average Bonchev–Trinajstić information content (AvgIpc) is 2.54. The highest BCUT2D eigenvalue weighted by atomic mass is 19.1. The minimum absolute atomic E-state index is 0.0116. The highest BCUT2D eigenvalue weighted by molar-refractivity contribution is 5.79. The van der Waals surface area contributed by atoms with Crippen molar-refractivity contribution in [2.24, 2.45) is 5.92 Å². The fourth-order valence-corrected chi connectivity index (χ4v) is 3.14. The largest absolute Gasteiger partial charge is 0.444 e. The zero-order valence-corrected chi connectivity index (χ0v) is 16.0. The molecule has 1 atom stereocenters. The molecular weight excluding hydrogens is 335 g/mol. The molecule has 1 fully saturated rings. The van der Waals surface area contributed by atoms with Gasteiger partial charge in [0.2, 0.25) is 5.91 Å². The second kappa shape index (κ2) is 8.52. The Morgan fingerprint density at radius 2 is 1.69 bits per heavy atom. The van der Waals surface area contributed by atoms with E-state index in [0.717, 1.165) is 31.2 Å². The van der Waals surface area contributed by atoms with Crippen molar-refractivity contribution in [3.63, 3.8) is 0 Å². The van der Waals surface area contributed by atoms with Gasteiger partial charge in [0.15, 0.2) is 0 Å². The van der Waals surface area contributed by atoms with E-state index in [-0.39, 0.29) is 29.7 Å². The number of ether oxygens (including phenoxy) is 1. The maximum atomic E-state index is 13.0. The molecule has 0 spiro atoms. The Labute approximate surface area is 154 Å². The molecule has 1 aliphatic rings. The van der Waals surface area contributed by atoms with Gasteiger partial charge < -0.3 is 15.4 Å². The van der Waals surface area contributed by atoms with Crippen molar-refractivity contribution < 1.29 is 18.7 Å². The predicted octanol–water partition coefficient (Wildman–Crippen LogP) is 4.09. The van der Waals surface area contributed by atoms with E-state index < -0.39 is 11.7 Å². The molecule has 1 aliphatic carbocycles. The van der Waals surface area contributed by atoms with Gasteiger partial charge >= 0.3 is 6.09 Å². The standard InChI is InChI=1S/C20H29FN2O3/c1-13(14-5-9-16(21)10-6-14)22-18(24)15-7-11-17(12-8-15)23-19(25)26-20(2,3)4/h5-6,9-10,13,15,17H,7-8,11-12H2,1-4H3,(H,22,24)(H,23,25). The summed E-state index contributed by atoms with van der Waals surface area (Å²) in [6.45, 7) is 7.38. The van der Waals surface area contributed by atoms with E-state index >= 15 is 0 Å². The number of alkyl carbamates (subject to hydrolysis) is 1. The van der Waals surface area contributed by atoms with E-state index in [2.05, 4.69) is 10.6 Å². The molecule has 5 nitrogen and oxygen atoms in total. The topological polar surface area (TPSA) is 67.4 Å². The van der Waals surface area contributed by atoms with E-state index in [0.29, 0.717) is 0 Å². The Balaban J connectivity index is 1.77. The predicted molar refractivity (Wildman–Crippen MR) is 98.1 cm³/mol. The molecule has 0 heterocycles. The Morgan fingerprint density at radius 1 is 1.12 bits per heavy atom. The molecule has 1 unspecified atom stereocenters. The fourth-order valence-electron chi connectivity index (χ4n) is 3.14. The number of carbonyl (C=O) groups is 2. The normalized spacial score (nSPS) is 21.6. The van der Waals surface area contributed by atoms with Gasteiger partial charge in [0.1, 0.15) is 11.4 Å². The molecule has 26 heavy (non-hydrogen) atoms. The zero-order chi connectivity index (χ0) is 19.3. The van der Waals surface area contributed by atoms with E-state index in [1.165, 1.54) is 12.1 Å². The summed E-state index contributed by atoms with van der Waals surface area (Å²) in [4.78, 5) is 24.3. The van der Waals surface area contributed by atoms with Crippen LogP contribution in [0.5, 0.6) is 0 Å². The number of hydrogen-bond donors (Lipinski definition) is 2. The van der Waals surface area contributed by atoms with Crippen molar-refractivity contribution in [3.8, 4) is 0 Å². The molecule has 0 aromatic heterocycles. The minimum atomic E-state index is -0.516. The van der Waals surface area contributed by atoms with Gasteiger partial charge in [0.05, 0.1) is 6.04 Å². The summed E-state index contributed by atoms with van der Waals surface area (Å²) in [7, 11) is 0. The van der Waals surface area contributed by atoms with Gasteiger partial charge in [0.25, 0.3) is 0 Å². The van der Waals surface area contributed by atoms with E-state index in [1.54, 1.807) is 12.1 Å². The number of halogens is 1. The van der Waals surface area contributed by atoms with Crippen LogP contribution in [0.15, 0.2) is 24.3 Å². The zero-order valence-electron chi connectivity index (χ0n) is 16.0. The summed E-state index contributed by atoms with van der Waals surface area (Å²) in [5, 5.41) is 5.88. The lowest BCUT2D eigenvalue weighted by Crippen LogP contribution is -2.43. The van der Waals surface area contributed by atoms with Crippen LogP contribution in [0.1, 0.15) is 65.0 Å². The number of nitrogens with one attached hydrogen (secondary N) is 2. The molecule has 0 aliphatic heterocycles. The van der Waals surface area contributed by atoms with Crippen molar-refractivity contribution in [2.75, 3.05) is 0 Å². The lowest BCUT2D eigenvalue weighted by Gasteiger charge is -2.30. The van der Waals surface area contributed by atoms with Crippen LogP contribution in [-0.2, 0) is 9.53 Å². The number of hydrogen-bond acceptors (Lipinski definition) is 3. The second-order valence-corrected chi connectivity index (χ2v) is 7.98. The molecule has 1 aromatic rings. The SMILES string of the molecule is CC(NC(=O)C1CCC(NC(=O)OC(C)(C)C)CC1)c1ccc(F)cc1. The van der Waals surface area contributed by atoms with Crippen LogP contribution < -0.4 is 10.6 Å². The highest BCUT2D eigenvalue weighted by Gasteiger charge is 2.29. The van der Waals surface area contributed by atoms with Crippen LogP contribution in [0.3, 0.4) is 0 Å². The van der Waals surface area contributed by atoms with Crippen molar-refractivity contribution in [3.05, 3.63) is 35.6 Å². The summed E-state index contributed by atoms with van der Waals surface area (Å²) >= 11 is 0. The molecule has 2 rings (SSSR count). The van der Waals surface area contributed by atoms with Gasteiger partial charge in [0, 0.05) is 12.0 Å². The summed E-state index contributed by atoms with van der Waals surface area (Å²) in [6.07, 6.45) is 2.55. The molecule has 0 radical (unpaired) electrons. The van der Waals surface area contributed by atoms with Gasteiger partial charge in [-0.2, -0.15) is 0 Å². The molecule has 1 aromatic carbocycles. The fraction of sp³-hybridized carbons (Fsp3) is 0.600. The average molecular weight is 364 g/mol. The summed E-state index contributed by atoms with van der Waals surface area (Å²) in [5.74, 6) is -0.338. The molecule has 1 saturated carbocycles. The van der Waals surface area contributed by atoms with Gasteiger partial charge in [-0.1, -0.05) is 12.1 Å². The monoisotopic (exact) mass is 364 g/mol. The van der Waals surface area contributed by atoms with E-state index in [4.69, 9.17) is 4.74 Å². The lowest BCUT2D eigenvalue weighted by atomic mass is 9.85. The van der Waals surface area contributed by atoms with Crippen LogP contribution in [0.25, 0.3) is 0 Å². The maximum Gasteiger partial charge on any atom is 0.407 e.